The molecule has 0 aliphatic heterocycles. The van der Waals surface area contributed by atoms with Gasteiger partial charge in [-0.05, 0) is 24.3 Å². The second-order valence-corrected chi connectivity index (χ2v) is 4.15. The lowest BCUT2D eigenvalue weighted by Crippen LogP contribution is -2.02. The predicted octanol–water partition coefficient (Wildman–Crippen LogP) is 2.57. The van der Waals surface area contributed by atoms with Gasteiger partial charge in [-0.3, -0.25) is 4.79 Å². The number of fused-ring (bicyclic) bond motifs is 2. The van der Waals surface area contributed by atoms with Crippen LogP contribution in [0.1, 0.15) is 0 Å². The van der Waals surface area contributed by atoms with Gasteiger partial charge < -0.3 is 15.5 Å². The lowest BCUT2D eigenvalue weighted by atomic mass is 10.1. The van der Waals surface area contributed by atoms with E-state index in [2.05, 4.69) is 5.32 Å². The SMILES string of the molecule is CNc1ccc2c(=O)c3ccc(N)cc3oc2c1. The molecule has 0 unspecified atom stereocenters. The van der Waals surface area contributed by atoms with Crippen LogP contribution in [0.5, 0.6) is 0 Å². The summed E-state index contributed by atoms with van der Waals surface area (Å²) in [5.41, 5.74) is 8.22. The minimum atomic E-state index is -0.0334. The summed E-state index contributed by atoms with van der Waals surface area (Å²) in [4.78, 5) is 12.3. The van der Waals surface area contributed by atoms with Crippen molar-refractivity contribution in [2.75, 3.05) is 18.1 Å². The molecule has 0 spiro atoms. The number of hydrogen-bond acceptors (Lipinski definition) is 4. The monoisotopic (exact) mass is 240 g/mol. The average molecular weight is 240 g/mol. The Bertz CT molecular complexity index is 806. The van der Waals surface area contributed by atoms with Gasteiger partial charge in [0.15, 0.2) is 0 Å². The topological polar surface area (TPSA) is 68.3 Å². The fourth-order valence-electron chi connectivity index (χ4n) is 2.02. The first-order valence-electron chi connectivity index (χ1n) is 5.63. The van der Waals surface area contributed by atoms with Gasteiger partial charge in [0.05, 0.1) is 10.8 Å². The first kappa shape index (κ1) is 10.7. The molecule has 3 N–H and O–H groups in total. The van der Waals surface area contributed by atoms with Gasteiger partial charge in [0, 0.05) is 30.6 Å². The Balaban J connectivity index is 2.48. The second kappa shape index (κ2) is 3.77. The molecule has 0 atom stereocenters. The Morgan fingerprint density at radius 2 is 1.72 bits per heavy atom. The number of anilines is 2. The third-order valence-electron chi connectivity index (χ3n) is 2.99. The number of nitrogens with two attached hydrogens (primary N) is 1. The van der Waals surface area contributed by atoms with E-state index in [-0.39, 0.29) is 5.43 Å². The van der Waals surface area contributed by atoms with E-state index in [1.165, 1.54) is 0 Å². The molecule has 1 aromatic heterocycles. The largest absolute Gasteiger partial charge is 0.456 e. The minimum absolute atomic E-state index is 0.0334. The Morgan fingerprint density at radius 3 is 2.44 bits per heavy atom. The summed E-state index contributed by atoms with van der Waals surface area (Å²) < 4.78 is 5.73. The molecule has 18 heavy (non-hydrogen) atoms. The molecule has 0 aliphatic rings. The van der Waals surface area contributed by atoms with Crippen molar-refractivity contribution in [2.45, 2.75) is 0 Å². The summed E-state index contributed by atoms with van der Waals surface area (Å²) in [6, 6.07) is 10.5. The first-order valence-corrected chi connectivity index (χ1v) is 5.63. The number of hydrogen-bond donors (Lipinski definition) is 2. The summed E-state index contributed by atoms with van der Waals surface area (Å²) in [6.45, 7) is 0. The smallest absolute Gasteiger partial charge is 0.200 e. The summed E-state index contributed by atoms with van der Waals surface area (Å²) in [7, 11) is 1.82. The molecule has 2 aromatic carbocycles. The molecule has 0 amide bonds. The van der Waals surface area contributed by atoms with E-state index in [0.29, 0.717) is 27.6 Å². The molecular weight excluding hydrogens is 228 g/mol. The van der Waals surface area contributed by atoms with Crippen LogP contribution in [0.3, 0.4) is 0 Å². The summed E-state index contributed by atoms with van der Waals surface area (Å²) in [6.07, 6.45) is 0. The molecule has 3 rings (SSSR count). The second-order valence-electron chi connectivity index (χ2n) is 4.15. The van der Waals surface area contributed by atoms with Crippen LogP contribution in [0.25, 0.3) is 21.9 Å². The first-order chi connectivity index (χ1) is 8.69. The van der Waals surface area contributed by atoms with Gasteiger partial charge in [0.25, 0.3) is 0 Å². The van der Waals surface area contributed by atoms with Gasteiger partial charge in [-0.1, -0.05) is 0 Å². The zero-order valence-corrected chi connectivity index (χ0v) is 9.86. The number of nitrogen functional groups attached to an aromatic ring is 1. The van der Waals surface area contributed by atoms with E-state index in [4.69, 9.17) is 10.2 Å². The zero-order valence-electron chi connectivity index (χ0n) is 9.86. The van der Waals surface area contributed by atoms with Crippen molar-refractivity contribution in [3.8, 4) is 0 Å². The van der Waals surface area contributed by atoms with Crippen LogP contribution in [0.4, 0.5) is 11.4 Å². The molecule has 0 saturated carbocycles. The highest BCUT2D eigenvalue weighted by molar-refractivity contribution is 5.92. The number of nitrogens with one attached hydrogen (secondary N) is 1. The van der Waals surface area contributed by atoms with Crippen LogP contribution < -0.4 is 16.5 Å². The highest BCUT2D eigenvalue weighted by Crippen LogP contribution is 2.22. The molecule has 90 valence electrons. The van der Waals surface area contributed by atoms with Crippen molar-refractivity contribution in [3.63, 3.8) is 0 Å². The Labute approximate surface area is 103 Å². The van der Waals surface area contributed by atoms with E-state index < -0.39 is 0 Å². The van der Waals surface area contributed by atoms with Crippen LogP contribution in [-0.4, -0.2) is 7.05 Å². The summed E-state index contributed by atoms with van der Waals surface area (Å²) in [5.74, 6) is 0. The quantitative estimate of drug-likeness (QED) is 0.506. The highest BCUT2D eigenvalue weighted by atomic mass is 16.3. The van der Waals surface area contributed by atoms with Crippen molar-refractivity contribution < 1.29 is 4.42 Å². The molecule has 0 aliphatic carbocycles. The molecule has 0 radical (unpaired) electrons. The van der Waals surface area contributed by atoms with Gasteiger partial charge >= 0.3 is 0 Å². The van der Waals surface area contributed by atoms with Crippen LogP contribution in [-0.2, 0) is 0 Å². The normalized spacial score (nSPS) is 10.9. The van der Waals surface area contributed by atoms with Crippen molar-refractivity contribution in [1.82, 2.24) is 0 Å². The Kier molecular flexibility index (Phi) is 2.23. The zero-order chi connectivity index (χ0) is 12.7. The molecule has 4 heteroatoms. The maximum Gasteiger partial charge on any atom is 0.200 e. The highest BCUT2D eigenvalue weighted by Gasteiger charge is 2.08. The van der Waals surface area contributed by atoms with Gasteiger partial charge in [-0.15, -0.1) is 0 Å². The lowest BCUT2D eigenvalue weighted by molar-refractivity contribution is 0.660. The standard InChI is InChI=1S/C14H12N2O2/c1-16-9-3-5-11-13(7-9)18-12-6-8(15)2-4-10(12)14(11)17/h2-7,16H,15H2,1H3. The van der Waals surface area contributed by atoms with Gasteiger partial charge in [0.2, 0.25) is 5.43 Å². The molecular formula is C14H12N2O2. The van der Waals surface area contributed by atoms with Gasteiger partial charge in [0.1, 0.15) is 11.2 Å². The van der Waals surface area contributed by atoms with Gasteiger partial charge in [-0.25, -0.2) is 0 Å². The molecule has 4 nitrogen and oxygen atoms in total. The van der Waals surface area contributed by atoms with Crippen molar-refractivity contribution in [3.05, 3.63) is 46.6 Å². The van der Waals surface area contributed by atoms with E-state index >= 15 is 0 Å². The third-order valence-corrected chi connectivity index (χ3v) is 2.99. The summed E-state index contributed by atoms with van der Waals surface area (Å²) >= 11 is 0. The third kappa shape index (κ3) is 1.50. The van der Waals surface area contributed by atoms with Crippen LogP contribution >= 0.6 is 0 Å². The van der Waals surface area contributed by atoms with E-state index in [1.807, 2.05) is 13.1 Å². The fourth-order valence-corrected chi connectivity index (χ4v) is 2.02. The molecule has 3 aromatic rings. The van der Waals surface area contributed by atoms with Crippen molar-refractivity contribution in [2.24, 2.45) is 0 Å². The molecule has 1 heterocycles. The van der Waals surface area contributed by atoms with E-state index in [0.717, 1.165) is 5.69 Å². The van der Waals surface area contributed by atoms with Crippen molar-refractivity contribution >= 4 is 33.3 Å². The molecule has 0 fully saturated rings. The van der Waals surface area contributed by atoms with Crippen LogP contribution in [0, 0.1) is 0 Å². The summed E-state index contributed by atoms with van der Waals surface area (Å²) in [5, 5.41) is 4.14. The molecule has 0 saturated heterocycles. The molecule has 0 bridgehead atoms. The van der Waals surface area contributed by atoms with E-state index in [9.17, 15) is 4.79 Å². The van der Waals surface area contributed by atoms with Crippen LogP contribution in [0.2, 0.25) is 0 Å². The van der Waals surface area contributed by atoms with Crippen LogP contribution in [0.15, 0.2) is 45.6 Å². The van der Waals surface area contributed by atoms with Gasteiger partial charge in [-0.2, -0.15) is 0 Å². The Morgan fingerprint density at radius 1 is 1.06 bits per heavy atom. The Hall–Kier alpha value is -2.49. The van der Waals surface area contributed by atoms with E-state index in [1.54, 1.807) is 30.3 Å². The minimum Gasteiger partial charge on any atom is -0.456 e. The number of benzene rings is 2. The predicted molar refractivity (Wildman–Crippen MR) is 73.9 cm³/mol. The lowest BCUT2D eigenvalue weighted by Gasteiger charge is -2.04. The maximum absolute atomic E-state index is 12.3. The maximum atomic E-state index is 12.3. The number of rotatable bonds is 1. The van der Waals surface area contributed by atoms with Crippen molar-refractivity contribution in [1.29, 1.82) is 0 Å². The fraction of sp³-hybridized carbons (Fsp3) is 0.0714. The average Bonchev–Trinajstić information content (AvgIpc) is 2.38.